The average Bonchev–Trinajstić information content (AvgIpc) is 2.54. The van der Waals surface area contributed by atoms with E-state index in [1.807, 2.05) is 44.2 Å². The Balaban J connectivity index is 1.99. The maximum Gasteiger partial charge on any atom is 0.319 e. The molecule has 2 rings (SSSR count). The van der Waals surface area contributed by atoms with E-state index in [0.29, 0.717) is 5.69 Å². The highest BCUT2D eigenvalue weighted by atomic mass is 16.5. The Morgan fingerprint density at radius 3 is 2.48 bits per heavy atom. The Labute approximate surface area is 136 Å². The van der Waals surface area contributed by atoms with E-state index in [1.54, 1.807) is 25.3 Å². The fourth-order valence-electron chi connectivity index (χ4n) is 2.25. The molecule has 0 unspecified atom stereocenters. The Hall–Kier alpha value is -2.53. The van der Waals surface area contributed by atoms with E-state index in [9.17, 15) is 9.90 Å². The standard InChI is InChI=1S/C18H22N2O3/c1-12(14-6-5-9-17(21)11-14)19-18(22)20-16-8-4-7-15(10-16)13(2)23-3/h4-13,21H,1-3H3,(H2,19,20,22)/t12-,13-/m0/s1. The zero-order chi connectivity index (χ0) is 16.8. The van der Waals surface area contributed by atoms with Crippen molar-refractivity contribution in [1.29, 1.82) is 0 Å². The SMILES string of the molecule is CO[C@@H](C)c1cccc(NC(=O)N[C@@H](C)c2cccc(O)c2)c1. The Kier molecular flexibility index (Phi) is 5.60. The lowest BCUT2D eigenvalue weighted by Gasteiger charge is -2.16. The van der Waals surface area contributed by atoms with Gasteiger partial charge in [0.25, 0.3) is 0 Å². The molecule has 122 valence electrons. The molecular weight excluding hydrogens is 292 g/mol. The molecule has 23 heavy (non-hydrogen) atoms. The van der Waals surface area contributed by atoms with Crippen LogP contribution in [0.2, 0.25) is 0 Å². The minimum absolute atomic E-state index is 0.0361. The van der Waals surface area contributed by atoms with Crippen LogP contribution in [0.15, 0.2) is 48.5 Å². The number of ether oxygens (including phenoxy) is 1. The third kappa shape index (κ3) is 4.72. The average molecular weight is 314 g/mol. The lowest BCUT2D eigenvalue weighted by Crippen LogP contribution is -2.31. The van der Waals surface area contributed by atoms with Crippen LogP contribution in [0.3, 0.4) is 0 Å². The fraction of sp³-hybridized carbons (Fsp3) is 0.278. The normalized spacial score (nSPS) is 13.2. The summed E-state index contributed by atoms with van der Waals surface area (Å²) in [7, 11) is 1.65. The molecule has 3 N–H and O–H groups in total. The van der Waals surface area contributed by atoms with Gasteiger partial charge >= 0.3 is 6.03 Å². The molecule has 0 bridgehead atoms. The van der Waals surface area contributed by atoms with Crippen LogP contribution < -0.4 is 10.6 Å². The second kappa shape index (κ2) is 7.65. The number of carbonyl (C=O) groups is 1. The Morgan fingerprint density at radius 2 is 1.78 bits per heavy atom. The first-order valence-corrected chi connectivity index (χ1v) is 7.49. The number of nitrogens with one attached hydrogen (secondary N) is 2. The second-order valence-corrected chi connectivity index (χ2v) is 5.42. The maximum absolute atomic E-state index is 12.1. The van der Waals surface area contributed by atoms with Gasteiger partial charge in [0.15, 0.2) is 0 Å². The van der Waals surface area contributed by atoms with Crippen molar-refractivity contribution in [3.05, 3.63) is 59.7 Å². The molecular formula is C18H22N2O3. The van der Waals surface area contributed by atoms with Gasteiger partial charge in [0.05, 0.1) is 12.1 Å². The van der Waals surface area contributed by atoms with Crippen LogP contribution in [0.1, 0.15) is 37.1 Å². The molecule has 0 aliphatic rings. The van der Waals surface area contributed by atoms with Gasteiger partial charge in [-0.25, -0.2) is 4.79 Å². The molecule has 0 fully saturated rings. The zero-order valence-electron chi connectivity index (χ0n) is 13.5. The van der Waals surface area contributed by atoms with Crippen molar-refractivity contribution in [3.63, 3.8) is 0 Å². The molecule has 2 amide bonds. The van der Waals surface area contributed by atoms with Crippen LogP contribution >= 0.6 is 0 Å². The second-order valence-electron chi connectivity index (χ2n) is 5.42. The van der Waals surface area contributed by atoms with Gasteiger partial charge < -0.3 is 20.5 Å². The number of urea groups is 1. The number of carbonyl (C=O) groups excluding carboxylic acids is 1. The summed E-state index contributed by atoms with van der Waals surface area (Å²) >= 11 is 0. The number of phenolic OH excluding ortho intramolecular Hbond substituents is 1. The van der Waals surface area contributed by atoms with Crippen molar-refractivity contribution in [2.24, 2.45) is 0 Å². The molecule has 0 saturated carbocycles. The number of anilines is 1. The lowest BCUT2D eigenvalue weighted by atomic mass is 10.1. The molecule has 0 radical (unpaired) electrons. The van der Waals surface area contributed by atoms with Crippen LogP contribution in [0, 0.1) is 0 Å². The molecule has 0 aliphatic carbocycles. The van der Waals surface area contributed by atoms with Crippen molar-refractivity contribution in [3.8, 4) is 5.75 Å². The van der Waals surface area contributed by atoms with E-state index in [-0.39, 0.29) is 23.9 Å². The van der Waals surface area contributed by atoms with Crippen LogP contribution in [-0.4, -0.2) is 18.2 Å². The van der Waals surface area contributed by atoms with Crippen LogP contribution in [0.25, 0.3) is 0 Å². The molecule has 0 aromatic heterocycles. The van der Waals surface area contributed by atoms with Gasteiger partial charge in [-0.2, -0.15) is 0 Å². The highest BCUT2D eigenvalue weighted by Gasteiger charge is 2.11. The summed E-state index contributed by atoms with van der Waals surface area (Å²) in [6.07, 6.45) is -0.0361. The van der Waals surface area contributed by atoms with Gasteiger partial charge in [0.1, 0.15) is 5.75 Å². The lowest BCUT2D eigenvalue weighted by molar-refractivity contribution is 0.119. The van der Waals surface area contributed by atoms with Gasteiger partial charge in [-0.1, -0.05) is 24.3 Å². The first-order chi connectivity index (χ1) is 11.0. The number of hydrogen-bond donors (Lipinski definition) is 3. The van der Waals surface area contributed by atoms with E-state index in [1.165, 1.54) is 0 Å². The van der Waals surface area contributed by atoms with E-state index >= 15 is 0 Å². The van der Waals surface area contributed by atoms with Crippen molar-refractivity contribution in [1.82, 2.24) is 5.32 Å². The van der Waals surface area contributed by atoms with Crippen molar-refractivity contribution < 1.29 is 14.6 Å². The molecule has 0 heterocycles. The summed E-state index contributed by atoms with van der Waals surface area (Å²) in [6.45, 7) is 3.81. The summed E-state index contributed by atoms with van der Waals surface area (Å²) in [5.74, 6) is 0.179. The molecule has 2 aromatic carbocycles. The topological polar surface area (TPSA) is 70.6 Å². The molecule has 2 atom stereocenters. The molecule has 5 heteroatoms. The predicted molar refractivity (Wildman–Crippen MR) is 90.5 cm³/mol. The third-order valence-electron chi connectivity index (χ3n) is 3.69. The van der Waals surface area contributed by atoms with Crippen LogP contribution in [0.4, 0.5) is 10.5 Å². The number of methoxy groups -OCH3 is 1. The number of amides is 2. The van der Waals surface area contributed by atoms with Gasteiger partial charge in [0.2, 0.25) is 0 Å². The van der Waals surface area contributed by atoms with Crippen molar-refractivity contribution in [2.75, 3.05) is 12.4 Å². The number of benzene rings is 2. The molecule has 5 nitrogen and oxygen atoms in total. The van der Waals surface area contributed by atoms with Gasteiger partial charge in [0, 0.05) is 12.8 Å². The molecule has 0 aliphatic heterocycles. The monoisotopic (exact) mass is 314 g/mol. The summed E-state index contributed by atoms with van der Waals surface area (Å²) < 4.78 is 5.28. The van der Waals surface area contributed by atoms with E-state index in [0.717, 1.165) is 11.1 Å². The number of aromatic hydroxyl groups is 1. The first-order valence-electron chi connectivity index (χ1n) is 7.49. The van der Waals surface area contributed by atoms with Gasteiger partial charge in [-0.3, -0.25) is 0 Å². The number of phenols is 1. The maximum atomic E-state index is 12.1. The highest BCUT2D eigenvalue weighted by Crippen LogP contribution is 2.20. The molecule has 0 spiro atoms. The zero-order valence-corrected chi connectivity index (χ0v) is 13.5. The summed E-state index contributed by atoms with van der Waals surface area (Å²) in [5.41, 5.74) is 2.53. The minimum atomic E-state index is -0.303. The number of rotatable bonds is 5. The Morgan fingerprint density at radius 1 is 1.09 bits per heavy atom. The summed E-state index contributed by atoms with van der Waals surface area (Å²) in [4.78, 5) is 12.1. The quantitative estimate of drug-likeness (QED) is 0.781. The van der Waals surface area contributed by atoms with Crippen LogP contribution in [-0.2, 0) is 4.74 Å². The summed E-state index contributed by atoms with van der Waals surface area (Å²) in [6, 6.07) is 13.8. The van der Waals surface area contributed by atoms with E-state index < -0.39 is 0 Å². The predicted octanol–water partition coefficient (Wildman–Crippen LogP) is 3.98. The van der Waals surface area contributed by atoms with Gasteiger partial charge in [-0.15, -0.1) is 0 Å². The fourth-order valence-corrected chi connectivity index (χ4v) is 2.25. The van der Waals surface area contributed by atoms with Crippen molar-refractivity contribution >= 4 is 11.7 Å². The van der Waals surface area contributed by atoms with E-state index in [2.05, 4.69) is 10.6 Å². The van der Waals surface area contributed by atoms with Crippen molar-refractivity contribution in [2.45, 2.75) is 26.0 Å². The summed E-state index contributed by atoms with van der Waals surface area (Å²) in [5, 5.41) is 15.1. The number of hydrogen-bond acceptors (Lipinski definition) is 3. The third-order valence-corrected chi connectivity index (χ3v) is 3.69. The molecule has 2 aromatic rings. The van der Waals surface area contributed by atoms with Crippen LogP contribution in [0.5, 0.6) is 5.75 Å². The minimum Gasteiger partial charge on any atom is -0.508 e. The smallest absolute Gasteiger partial charge is 0.319 e. The first kappa shape index (κ1) is 16.8. The molecule has 0 saturated heterocycles. The van der Waals surface area contributed by atoms with E-state index in [4.69, 9.17) is 4.74 Å². The Bertz CT molecular complexity index is 673. The highest BCUT2D eigenvalue weighted by molar-refractivity contribution is 5.89. The van der Waals surface area contributed by atoms with Gasteiger partial charge in [-0.05, 0) is 49.2 Å². The largest absolute Gasteiger partial charge is 0.508 e.